The first-order valence-electron chi connectivity index (χ1n) is 11.0. The van der Waals surface area contributed by atoms with Crippen LogP contribution in [0.15, 0.2) is 41.6 Å². The number of methoxy groups -OCH3 is 1. The molecule has 0 unspecified atom stereocenters. The van der Waals surface area contributed by atoms with E-state index in [9.17, 15) is 4.79 Å². The van der Waals surface area contributed by atoms with Crippen molar-refractivity contribution in [3.05, 3.63) is 64.5 Å². The predicted octanol–water partition coefficient (Wildman–Crippen LogP) is 5.14. The topological polar surface area (TPSA) is 69.0 Å². The van der Waals surface area contributed by atoms with Crippen molar-refractivity contribution in [2.45, 2.75) is 58.7 Å². The second-order valence-electron chi connectivity index (χ2n) is 7.96. The molecule has 0 aliphatic rings. The lowest BCUT2D eigenvalue weighted by atomic mass is 10.1. The van der Waals surface area contributed by atoms with E-state index in [0.717, 1.165) is 59.4 Å². The Balaban J connectivity index is 1.54. The van der Waals surface area contributed by atoms with Gasteiger partial charge in [0.1, 0.15) is 11.6 Å². The van der Waals surface area contributed by atoms with E-state index in [-0.39, 0.29) is 5.91 Å². The van der Waals surface area contributed by atoms with Crippen LogP contribution in [0.5, 0.6) is 5.75 Å². The highest BCUT2D eigenvalue weighted by Crippen LogP contribution is 2.23. The summed E-state index contributed by atoms with van der Waals surface area (Å²) in [5, 5.41) is 12.6. The molecule has 0 bridgehead atoms. The second kappa shape index (κ2) is 11.2. The summed E-state index contributed by atoms with van der Waals surface area (Å²) in [4.78, 5) is 12.6. The third-order valence-electron chi connectivity index (χ3n) is 5.41. The maximum absolute atomic E-state index is 12.6. The molecule has 0 aliphatic carbocycles. The number of anilines is 1. The van der Waals surface area contributed by atoms with Crippen molar-refractivity contribution in [1.29, 1.82) is 0 Å². The zero-order valence-corrected chi connectivity index (χ0v) is 20.4. The molecule has 1 amide bonds. The number of amides is 1. The maximum Gasteiger partial charge on any atom is 0.234 e. The standard InChI is InChI=1S/C25H32N4O2S/c1-6-29-22(9-7-8-20-10-12-21(31-5)13-11-20)27-28-25(29)32-16-23(30)26-24-18(3)14-17(2)15-19(24)4/h10-15H,6-9,16H2,1-5H3,(H,26,30). The molecule has 7 heteroatoms. The van der Waals surface area contributed by atoms with Crippen molar-refractivity contribution in [2.24, 2.45) is 0 Å². The first kappa shape index (κ1) is 23.9. The van der Waals surface area contributed by atoms with Crippen molar-refractivity contribution in [2.75, 3.05) is 18.2 Å². The minimum atomic E-state index is -0.0308. The summed E-state index contributed by atoms with van der Waals surface area (Å²) in [6.07, 6.45) is 2.81. The molecular weight excluding hydrogens is 420 g/mol. The van der Waals surface area contributed by atoms with Crippen LogP contribution in [-0.4, -0.2) is 33.5 Å². The molecule has 3 rings (SSSR count). The van der Waals surface area contributed by atoms with Crippen molar-refractivity contribution in [3.8, 4) is 5.75 Å². The molecule has 1 heterocycles. The molecule has 32 heavy (non-hydrogen) atoms. The molecule has 3 aromatic rings. The van der Waals surface area contributed by atoms with Crippen LogP contribution in [0.3, 0.4) is 0 Å². The lowest BCUT2D eigenvalue weighted by Gasteiger charge is -2.13. The first-order chi connectivity index (χ1) is 15.4. The van der Waals surface area contributed by atoms with Crippen LogP contribution in [0.4, 0.5) is 5.69 Å². The van der Waals surface area contributed by atoms with Crippen molar-refractivity contribution in [1.82, 2.24) is 14.8 Å². The number of nitrogens with one attached hydrogen (secondary N) is 1. The third-order valence-corrected chi connectivity index (χ3v) is 6.38. The van der Waals surface area contributed by atoms with Gasteiger partial charge in [-0.25, -0.2) is 0 Å². The predicted molar refractivity (Wildman–Crippen MR) is 131 cm³/mol. The summed E-state index contributed by atoms with van der Waals surface area (Å²) >= 11 is 1.43. The molecule has 0 saturated heterocycles. The van der Waals surface area contributed by atoms with Gasteiger partial charge in [0, 0.05) is 18.7 Å². The lowest BCUT2D eigenvalue weighted by molar-refractivity contribution is -0.113. The van der Waals surface area contributed by atoms with Gasteiger partial charge in [0.25, 0.3) is 0 Å². The van der Waals surface area contributed by atoms with E-state index in [1.54, 1.807) is 7.11 Å². The Morgan fingerprint density at radius 1 is 1.06 bits per heavy atom. The van der Waals surface area contributed by atoms with E-state index in [1.165, 1.54) is 22.9 Å². The Kier molecular flexibility index (Phi) is 8.33. The lowest BCUT2D eigenvalue weighted by Crippen LogP contribution is -2.16. The molecule has 1 aromatic heterocycles. The molecule has 0 aliphatic heterocycles. The van der Waals surface area contributed by atoms with Gasteiger partial charge < -0.3 is 14.6 Å². The van der Waals surface area contributed by atoms with Crippen LogP contribution in [0.25, 0.3) is 0 Å². The van der Waals surface area contributed by atoms with E-state index in [2.05, 4.69) is 58.2 Å². The van der Waals surface area contributed by atoms with Crippen LogP contribution in [0.2, 0.25) is 0 Å². The average molecular weight is 453 g/mol. The van der Waals surface area contributed by atoms with Crippen LogP contribution in [-0.2, 0) is 24.2 Å². The van der Waals surface area contributed by atoms with E-state index in [4.69, 9.17) is 4.74 Å². The quantitative estimate of drug-likeness (QED) is 0.432. The Labute approximate surface area is 194 Å². The highest BCUT2D eigenvalue weighted by molar-refractivity contribution is 7.99. The van der Waals surface area contributed by atoms with Crippen molar-refractivity contribution < 1.29 is 9.53 Å². The summed E-state index contributed by atoms with van der Waals surface area (Å²) in [6, 6.07) is 12.3. The number of carbonyl (C=O) groups excluding carboxylic acids is 1. The van der Waals surface area contributed by atoms with Gasteiger partial charge in [0.2, 0.25) is 5.91 Å². The molecular formula is C25H32N4O2S. The van der Waals surface area contributed by atoms with Gasteiger partial charge in [0.15, 0.2) is 5.16 Å². The average Bonchev–Trinajstić information content (AvgIpc) is 3.17. The number of hydrogen-bond acceptors (Lipinski definition) is 5. The number of nitrogens with zero attached hydrogens (tertiary/aromatic N) is 3. The van der Waals surface area contributed by atoms with Gasteiger partial charge in [-0.3, -0.25) is 4.79 Å². The Morgan fingerprint density at radius 2 is 1.75 bits per heavy atom. The fraction of sp³-hybridized carbons (Fsp3) is 0.400. The van der Waals surface area contributed by atoms with Gasteiger partial charge in [-0.15, -0.1) is 10.2 Å². The first-order valence-corrected chi connectivity index (χ1v) is 11.9. The molecule has 0 radical (unpaired) electrons. The molecule has 0 spiro atoms. The summed E-state index contributed by atoms with van der Waals surface area (Å²) in [5.41, 5.74) is 5.54. The Morgan fingerprint density at radius 3 is 2.38 bits per heavy atom. The molecule has 0 fully saturated rings. The molecule has 2 aromatic carbocycles. The Hall–Kier alpha value is -2.80. The van der Waals surface area contributed by atoms with E-state index in [0.29, 0.717) is 5.75 Å². The SMILES string of the molecule is CCn1c(CCCc2ccc(OC)cc2)nnc1SCC(=O)Nc1c(C)cc(C)cc1C. The molecule has 1 N–H and O–H groups in total. The minimum absolute atomic E-state index is 0.0308. The number of thioether (sulfide) groups is 1. The van der Waals surface area contributed by atoms with E-state index >= 15 is 0 Å². The molecule has 0 atom stereocenters. The number of hydrogen-bond donors (Lipinski definition) is 1. The number of rotatable bonds is 10. The number of aromatic nitrogens is 3. The van der Waals surface area contributed by atoms with Crippen LogP contribution in [0.1, 0.15) is 41.4 Å². The van der Waals surface area contributed by atoms with Gasteiger partial charge >= 0.3 is 0 Å². The number of benzene rings is 2. The third kappa shape index (κ3) is 6.13. The maximum atomic E-state index is 12.6. The highest BCUT2D eigenvalue weighted by Gasteiger charge is 2.14. The number of ether oxygens (including phenoxy) is 1. The summed E-state index contributed by atoms with van der Waals surface area (Å²) in [7, 11) is 1.68. The summed E-state index contributed by atoms with van der Waals surface area (Å²) in [5.74, 6) is 2.11. The van der Waals surface area contributed by atoms with Crippen LogP contribution >= 0.6 is 11.8 Å². The Bertz CT molecular complexity index is 1040. The smallest absolute Gasteiger partial charge is 0.234 e. The van der Waals surface area contributed by atoms with Gasteiger partial charge in [-0.2, -0.15) is 0 Å². The summed E-state index contributed by atoms with van der Waals surface area (Å²) in [6.45, 7) is 8.97. The normalized spacial score (nSPS) is 10.9. The fourth-order valence-corrected chi connectivity index (χ4v) is 4.68. The van der Waals surface area contributed by atoms with Gasteiger partial charge in [-0.1, -0.05) is 41.6 Å². The summed E-state index contributed by atoms with van der Waals surface area (Å²) < 4.78 is 7.32. The van der Waals surface area contributed by atoms with Crippen LogP contribution in [0, 0.1) is 20.8 Å². The highest BCUT2D eigenvalue weighted by atomic mass is 32.2. The minimum Gasteiger partial charge on any atom is -0.497 e. The molecule has 170 valence electrons. The fourth-order valence-electron chi connectivity index (χ4n) is 3.85. The van der Waals surface area contributed by atoms with Crippen molar-refractivity contribution in [3.63, 3.8) is 0 Å². The van der Waals surface area contributed by atoms with Gasteiger partial charge in [0.05, 0.1) is 12.9 Å². The zero-order chi connectivity index (χ0) is 23.1. The van der Waals surface area contributed by atoms with Crippen LogP contribution < -0.4 is 10.1 Å². The van der Waals surface area contributed by atoms with Gasteiger partial charge in [-0.05, 0) is 69.4 Å². The molecule has 0 saturated carbocycles. The monoisotopic (exact) mass is 452 g/mol. The number of carbonyl (C=O) groups is 1. The van der Waals surface area contributed by atoms with E-state index in [1.807, 2.05) is 26.0 Å². The second-order valence-corrected chi connectivity index (χ2v) is 8.90. The van der Waals surface area contributed by atoms with E-state index < -0.39 is 0 Å². The zero-order valence-electron chi connectivity index (χ0n) is 19.6. The molecule has 6 nitrogen and oxygen atoms in total. The number of aryl methyl sites for hydroxylation is 5. The van der Waals surface area contributed by atoms with Crippen molar-refractivity contribution >= 4 is 23.4 Å². The largest absolute Gasteiger partial charge is 0.497 e.